The van der Waals surface area contributed by atoms with Gasteiger partial charge >= 0.3 is 0 Å². The fraction of sp³-hybridized carbons (Fsp3) is 0.588. The second kappa shape index (κ2) is 13.3. The molecule has 1 aromatic heterocycles. The highest BCUT2D eigenvalue weighted by atomic mass is 16.5. The van der Waals surface area contributed by atoms with E-state index in [2.05, 4.69) is 11.6 Å². The van der Waals surface area contributed by atoms with Crippen molar-refractivity contribution in [2.24, 2.45) is 0 Å². The molecule has 0 atom stereocenters. The van der Waals surface area contributed by atoms with Gasteiger partial charge in [0, 0.05) is 26.1 Å². The summed E-state index contributed by atoms with van der Waals surface area (Å²) < 4.78 is 5.03. The summed E-state index contributed by atoms with van der Waals surface area (Å²) in [5, 5.41) is 0. The summed E-state index contributed by atoms with van der Waals surface area (Å²) in [6.45, 7) is 8.72. The largest absolute Gasteiger partial charge is 0.385 e. The van der Waals surface area contributed by atoms with Crippen molar-refractivity contribution < 1.29 is 4.74 Å². The van der Waals surface area contributed by atoms with E-state index in [1.165, 1.54) is 43.2 Å². The number of pyridine rings is 1. The van der Waals surface area contributed by atoms with Gasteiger partial charge < -0.3 is 4.74 Å². The lowest BCUT2D eigenvalue weighted by atomic mass is 10.0. The molecule has 1 aromatic rings. The summed E-state index contributed by atoms with van der Waals surface area (Å²) in [6.07, 6.45) is 13.1. The Morgan fingerprint density at radius 3 is 2.53 bits per heavy atom. The van der Waals surface area contributed by atoms with Crippen molar-refractivity contribution in [3.63, 3.8) is 0 Å². The molecule has 0 amide bonds. The molecule has 0 spiro atoms. The zero-order valence-electron chi connectivity index (χ0n) is 12.8. The SMILES string of the molecule is C=Cc1ccncc1CCCCCCCOC.CC. The van der Waals surface area contributed by atoms with Gasteiger partial charge in [0.15, 0.2) is 0 Å². The Hall–Kier alpha value is -1.15. The smallest absolute Gasteiger partial charge is 0.0462 e. The predicted molar refractivity (Wildman–Crippen MR) is 84.3 cm³/mol. The molecule has 0 unspecified atom stereocenters. The van der Waals surface area contributed by atoms with Gasteiger partial charge in [-0.2, -0.15) is 0 Å². The number of aryl methyl sites for hydroxylation is 1. The Morgan fingerprint density at radius 1 is 1.16 bits per heavy atom. The monoisotopic (exact) mass is 263 g/mol. The molecule has 0 fully saturated rings. The standard InChI is InChI=1S/C15H23NO.C2H6/c1-3-14-10-11-16-13-15(14)9-7-5-4-6-8-12-17-2;1-2/h3,10-11,13H,1,4-9,12H2,2H3;1-2H3. The molecule has 2 heteroatoms. The van der Waals surface area contributed by atoms with Crippen LogP contribution in [0.5, 0.6) is 0 Å². The second-order valence-electron chi connectivity index (χ2n) is 4.29. The molecule has 0 N–H and O–H groups in total. The number of hydrogen-bond donors (Lipinski definition) is 0. The van der Waals surface area contributed by atoms with Crippen LogP contribution in [0.3, 0.4) is 0 Å². The predicted octanol–water partition coefficient (Wildman–Crippen LogP) is 4.89. The molecule has 0 aliphatic rings. The van der Waals surface area contributed by atoms with Crippen LogP contribution in [0, 0.1) is 0 Å². The molecular weight excluding hydrogens is 234 g/mol. The van der Waals surface area contributed by atoms with E-state index in [0.29, 0.717) is 0 Å². The van der Waals surface area contributed by atoms with E-state index in [4.69, 9.17) is 4.74 Å². The Kier molecular flexibility index (Phi) is 12.5. The summed E-state index contributed by atoms with van der Waals surface area (Å²) in [7, 11) is 1.76. The number of nitrogens with zero attached hydrogens (tertiary/aromatic N) is 1. The van der Waals surface area contributed by atoms with Gasteiger partial charge in [-0.05, 0) is 36.5 Å². The minimum atomic E-state index is 0.892. The number of aromatic nitrogens is 1. The van der Waals surface area contributed by atoms with Crippen LogP contribution in [-0.2, 0) is 11.2 Å². The highest BCUT2D eigenvalue weighted by Gasteiger charge is 1.98. The maximum atomic E-state index is 5.03. The number of methoxy groups -OCH3 is 1. The van der Waals surface area contributed by atoms with Gasteiger partial charge in [0.25, 0.3) is 0 Å². The second-order valence-corrected chi connectivity index (χ2v) is 4.29. The average molecular weight is 263 g/mol. The molecule has 0 bridgehead atoms. The Labute approximate surface area is 118 Å². The lowest BCUT2D eigenvalue weighted by Gasteiger charge is -2.05. The van der Waals surface area contributed by atoms with E-state index in [0.717, 1.165) is 13.0 Å². The Morgan fingerprint density at radius 2 is 1.84 bits per heavy atom. The molecule has 1 heterocycles. The normalized spacial score (nSPS) is 9.63. The van der Waals surface area contributed by atoms with Crippen LogP contribution < -0.4 is 0 Å². The minimum absolute atomic E-state index is 0.892. The summed E-state index contributed by atoms with van der Waals surface area (Å²) in [5.41, 5.74) is 2.54. The zero-order chi connectivity index (χ0) is 14.3. The van der Waals surface area contributed by atoms with Crippen molar-refractivity contribution in [3.05, 3.63) is 36.2 Å². The van der Waals surface area contributed by atoms with Crippen LogP contribution in [-0.4, -0.2) is 18.7 Å². The third-order valence-electron chi connectivity index (χ3n) is 2.96. The lowest BCUT2D eigenvalue weighted by Crippen LogP contribution is -1.92. The first-order valence-electron chi connectivity index (χ1n) is 7.42. The molecule has 108 valence electrons. The van der Waals surface area contributed by atoms with Gasteiger partial charge in [-0.15, -0.1) is 0 Å². The molecule has 0 aromatic carbocycles. The molecule has 0 radical (unpaired) electrons. The van der Waals surface area contributed by atoms with E-state index in [-0.39, 0.29) is 0 Å². The van der Waals surface area contributed by atoms with Crippen molar-refractivity contribution in [2.45, 2.75) is 52.4 Å². The summed E-state index contributed by atoms with van der Waals surface area (Å²) >= 11 is 0. The molecule has 0 aliphatic heterocycles. The lowest BCUT2D eigenvalue weighted by molar-refractivity contribution is 0.192. The Bertz CT molecular complexity index is 323. The summed E-state index contributed by atoms with van der Waals surface area (Å²) in [6, 6.07) is 2.03. The van der Waals surface area contributed by atoms with Gasteiger partial charge in [0.1, 0.15) is 0 Å². The van der Waals surface area contributed by atoms with Crippen LogP contribution in [0.1, 0.15) is 57.1 Å². The maximum Gasteiger partial charge on any atom is 0.0462 e. The van der Waals surface area contributed by atoms with Crippen molar-refractivity contribution in [2.75, 3.05) is 13.7 Å². The fourth-order valence-electron chi connectivity index (χ4n) is 1.94. The van der Waals surface area contributed by atoms with Gasteiger partial charge in [-0.3, -0.25) is 4.98 Å². The minimum Gasteiger partial charge on any atom is -0.385 e. The molecule has 0 saturated carbocycles. The number of unbranched alkanes of at least 4 members (excludes halogenated alkanes) is 4. The topological polar surface area (TPSA) is 22.1 Å². The van der Waals surface area contributed by atoms with Crippen LogP contribution in [0.4, 0.5) is 0 Å². The molecule has 2 nitrogen and oxygen atoms in total. The first-order chi connectivity index (χ1) is 9.38. The molecule has 0 aliphatic carbocycles. The van der Waals surface area contributed by atoms with Crippen LogP contribution in [0.15, 0.2) is 25.0 Å². The molecule has 19 heavy (non-hydrogen) atoms. The van der Waals surface area contributed by atoms with Crippen LogP contribution in [0.25, 0.3) is 6.08 Å². The zero-order valence-corrected chi connectivity index (χ0v) is 12.8. The molecule has 0 saturated heterocycles. The van der Waals surface area contributed by atoms with E-state index >= 15 is 0 Å². The van der Waals surface area contributed by atoms with E-state index in [1.807, 2.05) is 38.4 Å². The average Bonchev–Trinajstić information content (AvgIpc) is 2.49. The highest BCUT2D eigenvalue weighted by Crippen LogP contribution is 2.13. The van der Waals surface area contributed by atoms with Gasteiger partial charge in [-0.25, -0.2) is 0 Å². The van der Waals surface area contributed by atoms with Crippen LogP contribution in [0.2, 0.25) is 0 Å². The van der Waals surface area contributed by atoms with Crippen LogP contribution >= 0.6 is 0 Å². The van der Waals surface area contributed by atoms with Gasteiger partial charge in [-0.1, -0.05) is 45.8 Å². The number of hydrogen-bond acceptors (Lipinski definition) is 2. The summed E-state index contributed by atoms with van der Waals surface area (Å²) in [5.74, 6) is 0. The fourth-order valence-corrected chi connectivity index (χ4v) is 1.94. The molecule has 1 rings (SSSR count). The van der Waals surface area contributed by atoms with Gasteiger partial charge in [0.05, 0.1) is 0 Å². The highest BCUT2D eigenvalue weighted by molar-refractivity contribution is 5.50. The third kappa shape index (κ3) is 8.55. The number of rotatable bonds is 9. The van der Waals surface area contributed by atoms with E-state index < -0.39 is 0 Å². The Balaban J connectivity index is 0.00000154. The van der Waals surface area contributed by atoms with Crippen molar-refractivity contribution in [1.29, 1.82) is 0 Å². The van der Waals surface area contributed by atoms with Crippen molar-refractivity contribution >= 4 is 6.08 Å². The van der Waals surface area contributed by atoms with Gasteiger partial charge in [0.2, 0.25) is 0 Å². The van der Waals surface area contributed by atoms with Crippen molar-refractivity contribution in [1.82, 2.24) is 4.98 Å². The quantitative estimate of drug-likeness (QED) is 0.592. The first kappa shape index (κ1) is 17.8. The summed E-state index contributed by atoms with van der Waals surface area (Å²) in [4.78, 5) is 4.17. The molecular formula is C17H29NO. The van der Waals surface area contributed by atoms with Crippen molar-refractivity contribution in [3.8, 4) is 0 Å². The number of ether oxygens (including phenoxy) is 1. The third-order valence-corrected chi connectivity index (χ3v) is 2.96. The first-order valence-corrected chi connectivity index (χ1v) is 7.42. The van der Waals surface area contributed by atoms with E-state index in [9.17, 15) is 0 Å². The maximum absolute atomic E-state index is 5.03. The van der Waals surface area contributed by atoms with E-state index in [1.54, 1.807) is 7.11 Å².